The van der Waals surface area contributed by atoms with Gasteiger partial charge >= 0.3 is 5.97 Å². The van der Waals surface area contributed by atoms with Crippen LogP contribution in [0.2, 0.25) is 0 Å². The molecule has 0 N–H and O–H groups in total. The van der Waals surface area contributed by atoms with Crippen molar-refractivity contribution in [2.75, 3.05) is 6.61 Å². The molecule has 0 aliphatic carbocycles. The van der Waals surface area contributed by atoms with E-state index in [4.69, 9.17) is 4.74 Å². The van der Waals surface area contributed by atoms with Crippen LogP contribution in [-0.4, -0.2) is 38.7 Å². The Kier molecular flexibility index (Phi) is 5.24. The van der Waals surface area contributed by atoms with Gasteiger partial charge in [0.15, 0.2) is 0 Å². The molecule has 0 aromatic carbocycles. The highest BCUT2D eigenvalue weighted by Gasteiger charge is 2.22. The number of aromatic nitrogens is 3. The van der Waals surface area contributed by atoms with E-state index in [0.29, 0.717) is 29.2 Å². The normalized spacial score (nSPS) is 13.9. The molecule has 0 spiro atoms. The Morgan fingerprint density at radius 2 is 2.15 bits per heavy atom. The molecule has 1 aliphatic heterocycles. The zero-order valence-corrected chi connectivity index (χ0v) is 14.0. The Balaban J connectivity index is 1.85. The average molecular weight is 366 g/mol. The van der Waals surface area contributed by atoms with Crippen LogP contribution in [0.1, 0.15) is 17.0 Å². The molecule has 0 bridgehead atoms. The number of ether oxygens (including phenoxy) is 1. The first-order valence-corrected chi connectivity index (χ1v) is 7.95. The molecule has 1 aliphatic rings. The molecule has 0 unspecified atom stereocenters. The minimum absolute atomic E-state index is 0.0927. The Labute approximate surface area is 147 Å². The van der Waals surface area contributed by atoms with Crippen LogP contribution >= 0.6 is 0 Å². The lowest BCUT2D eigenvalue weighted by Gasteiger charge is -2.25. The molecule has 26 heavy (non-hydrogen) atoms. The highest BCUT2D eigenvalue weighted by molar-refractivity contribution is 5.85. The van der Waals surface area contributed by atoms with Crippen molar-refractivity contribution in [3.8, 4) is 0 Å². The number of carbonyl (C=O) groups is 1. The van der Waals surface area contributed by atoms with Crippen molar-refractivity contribution in [2.45, 2.75) is 33.0 Å². The van der Waals surface area contributed by atoms with Gasteiger partial charge in [-0.3, -0.25) is 4.68 Å². The van der Waals surface area contributed by atoms with Gasteiger partial charge in [-0.05, 0) is 24.6 Å². The van der Waals surface area contributed by atoms with Crippen LogP contribution in [0.15, 0.2) is 36.2 Å². The van der Waals surface area contributed by atoms with Gasteiger partial charge in [-0.25, -0.2) is 18.6 Å². The molecule has 0 radical (unpaired) electrons. The van der Waals surface area contributed by atoms with Crippen LogP contribution in [0, 0.1) is 12.9 Å². The Hall–Kier alpha value is -2.84. The second kappa shape index (κ2) is 7.59. The van der Waals surface area contributed by atoms with Crippen LogP contribution in [0.25, 0.3) is 0 Å². The summed E-state index contributed by atoms with van der Waals surface area (Å²) in [6, 6.07) is 4.54. The van der Waals surface area contributed by atoms with Gasteiger partial charge in [0, 0.05) is 18.8 Å². The van der Waals surface area contributed by atoms with Crippen molar-refractivity contribution in [3.63, 3.8) is 0 Å². The fraction of sp³-hybridized carbons (Fsp3) is 0.353. The zero-order chi connectivity index (χ0) is 18.7. The summed E-state index contributed by atoms with van der Waals surface area (Å²) in [5, 5.41) is 4.09. The van der Waals surface area contributed by atoms with Crippen molar-refractivity contribution < 1.29 is 22.7 Å². The smallest absolute Gasteiger partial charge is 0.333 e. The number of hydrogen-bond acceptors (Lipinski definition) is 5. The van der Waals surface area contributed by atoms with Crippen molar-refractivity contribution >= 4 is 5.97 Å². The molecule has 138 valence electrons. The maximum Gasteiger partial charge on any atom is 0.333 e. The molecule has 0 saturated carbocycles. The summed E-state index contributed by atoms with van der Waals surface area (Å²) in [4.78, 5) is 16.8. The van der Waals surface area contributed by atoms with Crippen molar-refractivity contribution in [1.82, 2.24) is 19.7 Å². The zero-order valence-electron chi connectivity index (χ0n) is 14.0. The first kappa shape index (κ1) is 18.0. The van der Waals surface area contributed by atoms with Crippen LogP contribution in [0.3, 0.4) is 0 Å². The lowest BCUT2D eigenvalue weighted by molar-refractivity contribution is -0.135. The van der Waals surface area contributed by atoms with Gasteiger partial charge in [0.25, 0.3) is 6.43 Å². The van der Waals surface area contributed by atoms with E-state index in [1.54, 1.807) is 24.0 Å². The molecule has 3 rings (SSSR count). The monoisotopic (exact) mass is 366 g/mol. The lowest BCUT2D eigenvalue weighted by atomic mass is 10.2. The summed E-state index contributed by atoms with van der Waals surface area (Å²) in [7, 11) is 0. The number of rotatable bonds is 7. The van der Waals surface area contributed by atoms with Gasteiger partial charge in [-0.1, -0.05) is 6.07 Å². The minimum Gasteiger partial charge on any atom is -0.456 e. The van der Waals surface area contributed by atoms with E-state index >= 15 is 0 Å². The number of esters is 1. The largest absolute Gasteiger partial charge is 0.456 e. The van der Waals surface area contributed by atoms with Gasteiger partial charge in [0.2, 0.25) is 5.95 Å². The number of halogens is 3. The highest BCUT2D eigenvalue weighted by atomic mass is 19.3. The summed E-state index contributed by atoms with van der Waals surface area (Å²) in [5.74, 6) is -1.05. The fourth-order valence-electron chi connectivity index (χ4n) is 2.74. The Morgan fingerprint density at radius 3 is 2.77 bits per heavy atom. The number of nitrogens with zero attached hydrogens (tertiary/aromatic N) is 4. The lowest BCUT2D eigenvalue weighted by Crippen LogP contribution is -2.25. The highest BCUT2D eigenvalue weighted by Crippen LogP contribution is 2.20. The fourth-order valence-corrected chi connectivity index (χ4v) is 2.74. The number of hydrogen-bond donors (Lipinski definition) is 0. The predicted molar refractivity (Wildman–Crippen MR) is 85.5 cm³/mol. The van der Waals surface area contributed by atoms with Crippen molar-refractivity contribution in [1.29, 1.82) is 0 Å². The maximum atomic E-state index is 13.0. The molecule has 9 heteroatoms. The Morgan fingerprint density at radius 1 is 1.35 bits per heavy atom. The molecule has 0 fully saturated rings. The number of aryl methyl sites for hydroxylation is 1. The second-order valence-corrected chi connectivity index (χ2v) is 5.94. The van der Waals surface area contributed by atoms with Crippen molar-refractivity contribution in [3.05, 3.63) is 59.1 Å². The van der Waals surface area contributed by atoms with Crippen LogP contribution < -0.4 is 0 Å². The van der Waals surface area contributed by atoms with E-state index in [1.807, 2.05) is 0 Å². The van der Waals surface area contributed by atoms with Gasteiger partial charge in [0.05, 0.1) is 23.6 Å². The molecule has 0 atom stereocenters. The van der Waals surface area contributed by atoms with Crippen LogP contribution in [-0.2, 0) is 29.2 Å². The third kappa shape index (κ3) is 4.41. The van der Waals surface area contributed by atoms with Gasteiger partial charge in [0.1, 0.15) is 13.2 Å². The maximum absolute atomic E-state index is 13.0. The van der Waals surface area contributed by atoms with Gasteiger partial charge in [-0.15, -0.1) is 0 Å². The van der Waals surface area contributed by atoms with E-state index in [1.165, 1.54) is 23.0 Å². The van der Waals surface area contributed by atoms with Crippen molar-refractivity contribution in [2.24, 2.45) is 0 Å². The first-order valence-electron chi connectivity index (χ1n) is 7.95. The van der Waals surface area contributed by atoms with E-state index < -0.39 is 24.9 Å². The van der Waals surface area contributed by atoms with E-state index in [9.17, 15) is 18.0 Å². The van der Waals surface area contributed by atoms with Crippen LogP contribution in [0.4, 0.5) is 13.2 Å². The average Bonchev–Trinajstić information content (AvgIpc) is 3.14. The number of carbonyl (C=O) groups excluding carboxylic acids is 1. The summed E-state index contributed by atoms with van der Waals surface area (Å²) in [6.07, 6.45) is 0.221. The third-order valence-electron chi connectivity index (χ3n) is 3.86. The molecule has 2 aromatic heterocycles. The number of alkyl halides is 2. The molecule has 2 aromatic rings. The molecule has 3 heterocycles. The standard InChI is InChI=1S/C17H17F3N4O2/c1-11-4-13(24(22-11)9-15(18)19)8-23(14-5-17(25)26-10-14)7-12-2-3-16(20)21-6-12/h2-6,15H,7-10H2,1H3. The first-order chi connectivity index (χ1) is 12.4. The summed E-state index contributed by atoms with van der Waals surface area (Å²) < 4.78 is 44.8. The van der Waals surface area contributed by atoms with Crippen LogP contribution in [0.5, 0.6) is 0 Å². The minimum atomic E-state index is -2.53. The SMILES string of the molecule is Cc1cc(CN(Cc2ccc(F)nc2)C2=CC(=O)OC2)n(CC(F)F)n1. The quantitative estimate of drug-likeness (QED) is 0.556. The summed E-state index contributed by atoms with van der Waals surface area (Å²) in [6.45, 7) is 1.86. The van der Waals surface area contributed by atoms with E-state index in [-0.39, 0.29) is 13.2 Å². The number of cyclic esters (lactones) is 1. The summed E-state index contributed by atoms with van der Waals surface area (Å²) in [5.41, 5.74) is 2.53. The molecule has 0 amide bonds. The third-order valence-corrected chi connectivity index (χ3v) is 3.86. The van der Waals surface area contributed by atoms with Gasteiger partial charge < -0.3 is 9.64 Å². The molecular weight excluding hydrogens is 349 g/mol. The number of pyridine rings is 1. The molecule has 6 nitrogen and oxygen atoms in total. The molecular formula is C17H17F3N4O2. The summed E-state index contributed by atoms with van der Waals surface area (Å²) >= 11 is 0. The Bertz CT molecular complexity index is 818. The topological polar surface area (TPSA) is 60.3 Å². The van der Waals surface area contributed by atoms with Gasteiger partial charge in [-0.2, -0.15) is 9.49 Å². The van der Waals surface area contributed by atoms with E-state index in [0.717, 1.165) is 0 Å². The van der Waals surface area contributed by atoms with E-state index in [2.05, 4.69) is 10.1 Å². The second-order valence-electron chi connectivity index (χ2n) is 5.94. The predicted octanol–water partition coefficient (Wildman–Crippen LogP) is 2.43. The molecule has 0 saturated heterocycles.